The average molecular weight is 299 g/mol. The smallest absolute Gasteiger partial charge is 0.315 e. The van der Waals surface area contributed by atoms with Gasteiger partial charge in [-0.05, 0) is 25.0 Å². The summed E-state index contributed by atoms with van der Waals surface area (Å²) in [6.45, 7) is 1.26. The lowest BCUT2D eigenvalue weighted by atomic mass is 10.2. The van der Waals surface area contributed by atoms with E-state index in [9.17, 15) is 13.6 Å². The van der Waals surface area contributed by atoms with E-state index in [1.54, 1.807) is 4.90 Å². The van der Waals surface area contributed by atoms with Crippen LogP contribution in [0.25, 0.3) is 0 Å². The molecule has 0 radical (unpaired) electrons. The first-order valence-corrected chi connectivity index (χ1v) is 6.96. The second-order valence-electron chi connectivity index (χ2n) is 4.98. The molecule has 3 N–H and O–H groups in total. The van der Waals surface area contributed by atoms with Crippen LogP contribution < -0.4 is 15.5 Å². The molecule has 1 fully saturated rings. The monoisotopic (exact) mass is 299 g/mol. The molecule has 7 heteroatoms. The first-order chi connectivity index (χ1) is 10.1. The molecule has 1 unspecified atom stereocenters. The highest BCUT2D eigenvalue weighted by molar-refractivity contribution is 5.74. The largest absolute Gasteiger partial charge is 0.396 e. The van der Waals surface area contributed by atoms with Gasteiger partial charge in [-0.3, -0.25) is 0 Å². The number of anilines is 1. The number of carbonyl (C=O) groups is 1. The lowest BCUT2D eigenvalue weighted by Gasteiger charge is -2.20. The Hall–Kier alpha value is -1.89. The third-order valence-electron chi connectivity index (χ3n) is 3.40. The number of nitrogens with zero attached hydrogens (tertiary/aromatic N) is 1. The van der Waals surface area contributed by atoms with Crippen molar-refractivity contribution in [3.63, 3.8) is 0 Å². The fourth-order valence-corrected chi connectivity index (χ4v) is 2.39. The quantitative estimate of drug-likeness (QED) is 0.717. The second kappa shape index (κ2) is 7.21. The molecule has 1 aromatic rings. The molecule has 5 nitrogen and oxygen atoms in total. The van der Waals surface area contributed by atoms with E-state index < -0.39 is 11.6 Å². The van der Waals surface area contributed by atoms with E-state index in [2.05, 4.69) is 10.6 Å². The SMILES string of the molecule is O=C(NCCCO)NC1CCN(c2c(F)cccc2F)C1. The van der Waals surface area contributed by atoms with Gasteiger partial charge in [0.05, 0.1) is 0 Å². The highest BCUT2D eigenvalue weighted by Gasteiger charge is 2.27. The number of nitrogens with one attached hydrogen (secondary N) is 2. The minimum absolute atomic E-state index is 0.0179. The van der Waals surface area contributed by atoms with Crippen molar-refractivity contribution < 1.29 is 18.7 Å². The van der Waals surface area contributed by atoms with Crippen LogP contribution in [0.2, 0.25) is 0 Å². The van der Waals surface area contributed by atoms with Crippen molar-refractivity contribution in [3.8, 4) is 0 Å². The molecule has 1 heterocycles. The Kier molecular flexibility index (Phi) is 5.32. The summed E-state index contributed by atoms with van der Waals surface area (Å²) < 4.78 is 27.4. The summed E-state index contributed by atoms with van der Waals surface area (Å²) in [5, 5.41) is 14.0. The van der Waals surface area contributed by atoms with Gasteiger partial charge in [0.1, 0.15) is 17.3 Å². The molecule has 1 atom stereocenters. The zero-order valence-corrected chi connectivity index (χ0v) is 11.6. The van der Waals surface area contributed by atoms with Gasteiger partial charge in [-0.25, -0.2) is 13.6 Å². The zero-order chi connectivity index (χ0) is 15.2. The highest BCUT2D eigenvalue weighted by atomic mass is 19.1. The predicted octanol–water partition coefficient (Wildman–Crippen LogP) is 1.23. The average Bonchev–Trinajstić information content (AvgIpc) is 2.87. The number of halogens is 2. The zero-order valence-electron chi connectivity index (χ0n) is 11.6. The molecule has 2 rings (SSSR count). The molecule has 1 saturated heterocycles. The molecule has 116 valence electrons. The topological polar surface area (TPSA) is 64.6 Å². The van der Waals surface area contributed by atoms with Gasteiger partial charge in [0.2, 0.25) is 0 Å². The molecule has 1 aliphatic rings. The van der Waals surface area contributed by atoms with E-state index in [1.165, 1.54) is 18.2 Å². The van der Waals surface area contributed by atoms with Crippen molar-refractivity contribution in [1.29, 1.82) is 0 Å². The van der Waals surface area contributed by atoms with Crippen LogP contribution in [0.1, 0.15) is 12.8 Å². The Bertz CT molecular complexity index is 479. The van der Waals surface area contributed by atoms with Gasteiger partial charge in [0.15, 0.2) is 0 Å². The Balaban J connectivity index is 1.87. The second-order valence-corrected chi connectivity index (χ2v) is 4.98. The van der Waals surface area contributed by atoms with Crippen molar-refractivity contribution in [2.24, 2.45) is 0 Å². The number of benzene rings is 1. The molecule has 21 heavy (non-hydrogen) atoms. The van der Waals surface area contributed by atoms with Crippen LogP contribution in [-0.2, 0) is 0 Å². The summed E-state index contributed by atoms with van der Waals surface area (Å²) in [5.41, 5.74) is -0.0394. The van der Waals surface area contributed by atoms with E-state index in [0.717, 1.165) is 0 Å². The Morgan fingerprint density at radius 1 is 1.38 bits per heavy atom. The fourth-order valence-electron chi connectivity index (χ4n) is 2.39. The van der Waals surface area contributed by atoms with Crippen LogP contribution in [0.3, 0.4) is 0 Å². The number of para-hydroxylation sites is 1. The van der Waals surface area contributed by atoms with Crippen LogP contribution in [-0.4, -0.2) is 43.4 Å². The molecule has 0 aliphatic carbocycles. The lowest BCUT2D eigenvalue weighted by molar-refractivity contribution is 0.235. The summed E-state index contributed by atoms with van der Waals surface area (Å²) in [6.07, 6.45) is 1.12. The number of amides is 2. The fraction of sp³-hybridized carbons (Fsp3) is 0.500. The van der Waals surface area contributed by atoms with Gasteiger partial charge in [-0.2, -0.15) is 0 Å². The van der Waals surface area contributed by atoms with Crippen LogP contribution in [0, 0.1) is 11.6 Å². The summed E-state index contributed by atoms with van der Waals surface area (Å²) >= 11 is 0. The van der Waals surface area contributed by atoms with E-state index in [-0.39, 0.29) is 24.4 Å². The molecule has 0 spiro atoms. The first kappa shape index (κ1) is 15.5. The predicted molar refractivity (Wildman–Crippen MR) is 75.2 cm³/mol. The van der Waals surface area contributed by atoms with Crippen molar-refractivity contribution in [3.05, 3.63) is 29.8 Å². The van der Waals surface area contributed by atoms with Gasteiger partial charge in [0, 0.05) is 32.3 Å². The van der Waals surface area contributed by atoms with Gasteiger partial charge in [0.25, 0.3) is 0 Å². The van der Waals surface area contributed by atoms with Crippen molar-refractivity contribution >= 4 is 11.7 Å². The van der Waals surface area contributed by atoms with E-state index >= 15 is 0 Å². The molecule has 1 aliphatic heterocycles. The number of hydrogen-bond acceptors (Lipinski definition) is 3. The van der Waals surface area contributed by atoms with Gasteiger partial charge >= 0.3 is 6.03 Å². The Labute approximate surface area is 121 Å². The molecular formula is C14H19F2N3O2. The van der Waals surface area contributed by atoms with Crippen molar-refractivity contribution in [1.82, 2.24) is 10.6 Å². The normalized spacial score (nSPS) is 17.9. The number of carbonyl (C=O) groups excluding carboxylic acids is 1. The van der Waals surface area contributed by atoms with E-state index in [1.807, 2.05) is 0 Å². The van der Waals surface area contributed by atoms with Gasteiger partial charge < -0.3 is 20.6 Å². The molecule has 2 amide bonds. The molecule has 0 saturated carbocycles. The summed E-state index contributed by atoms with van der Waals surface area (Å²) in [5.74, 6) is -1.19. The molecule has 0 bridgehead atoms. The number of aliphatic hydroxyl groups excluding tert-OH is 1. The third kappa shape index (κ3) is 4.04. The summed E-state index contributed by atoms with van der Waals surface area (Å²) in [4.78, 5) is 13.2. The molecule has 1 aromatic carbocycles. The first-order valence-electron chi connectivity index (χ1n) is 6.96. The number of urea groups is 1. The molecule has 0 aromatic heterocycles. The number of rotatable bonds is 5. The number of aliphatic hydroxyl groups is 1. The summed E-state index contributed by atoms with van der Waals surface area (Å²) in [7, 11) is 0. The van der Waals surface area contributed by atoms with E-state index in [0.29, 0.717) is 32.5 Å². The highest BCUT2D eigenvalue weighted by Crippen LogP contribution is 2.26. The third-order valence-corrected chi connectivity index (χ3v) is 3.40. The Morgan fingerprint density at radius 2 is 2.10 bits per heavy atom. The minimum atomic E-state index is -0.594. The van der Waals surface area contributed by atoms with Crippen molar-refractivity contribution in [2.75, 3.05) is 31.1 Å². The maximum absolute atomic E-state index is 13.7. The number of hydrogen-bond donors (Lipinski definition) is 3. The van der Waals surface area contributed by atoms with Gasteiger partial charge in [-0.15, -0.1) is 0 Å². The van der Waals surface area contributed by atoms with Crippen LogP contribution in [0.4, 0.5) is 19.3 Å². The van der Waals surface area contributed by atoms with Crippen LogP contribution in [0.15, 0.2) is 18.2 Å². The minimum Gasteiger partial charge on any atom is -0.396 e. The maximum Gasteiger partial charge on any atom is 0.315 e. The summed E-state index contributed by atoms with van der Waals surface area (Å²) in [6, 6.07) is 3.29. The van der Waals surface area contributed by atoms with Crippen LogP contribution >= 0.6 is 0 Å². The molecular weight excluding hydrogens is 280 g/mol. The maximum atomic E-state index is 13.7. The Morgan fingerprint density at radius 3 is 2.76 bits per heavy atom. The van der Waals surface area contributed by atoms with E-state index in [4.69, 9.17) is 5.11 Å². The van der Waals surface area contributed by atoms with Crippen molar-refractivity contribution in [2.45, 2.75) is 18.9 Å². The van der Waals surface area contributed by atoms with Gasteiger partial charge in [-0.1, -0.05) is 6.07 Å². The lowest BCUT2D eigenvalue weighted by Crippen LogP contribution is -2.43. The standard InChI is InChI=1S/C14H19F2N3O2/c15-11-3-1-4-12(16)13(11)19-7-5-10(9-19)18-14(21)17-6-2-8-20/h1,3-4,10,20H,2,5-9H2,(H2,17,18,21). The van der Waals surface area contributed by atoms with Crippen LogP contribution in [0.5, 0.6) is 0 Å².